The molecule has 0 radical (unpaired) electrons. The molecule has 0 bridgehead atoms. The van der Waals surface area contributed by atoms with Gasteiger partial charge in [-0.1, -0.05) is 262 Å². The molecule has 1 fully saturated rings. The van der Waals surface area contributed by atoms with Gasteiger partial charge in [-0.25, -0.2) is 4.79 Å². The average molecular weight is 1140 g/mol. The molecule has 12 heteroatoms. The molecule has 3 N–H and O–H groups in total. The van der Waals surface area contributed by atoms with Crippen LogP contribution in [0.4, 0.5) is 0 Å². The molecule has 12 nitrogen and oxygen atoms in total. The summed E-state index contributed by atoms with van der Waals surface area (Å²) in [6.07, 6.45) is 57.7. The third-order valence-electron chi connectivity index (χ3n) is 15.4. The number of hydrogen-bond donors (Lipinski definition) is 3. The first-order valence-corrected chi connectivity index (χ1v) is 33.6. The fourth-order valence-corrected chi connectivity index (χ4v) is 10.2. The Morgan fingerprint density at radius 2 is 0.741 bits per heavy atom. The lowest BCUT2D eigenvalue weighted by molar-refractivity contribution is -0.301. The highest BCUT2D eigenvalue weighted by molar-refractivity contribution is 5.74. The number of unbranched alkanes of at least 4 members (excludes halogenated alkanes) is 36. The zero-order chi connectivity index (χ0) is 58.9. The Kier molecular flexibility index (Phi) is 53.4. The third-order valence-corrected chi connectivity index (χ3v) is 15.4. The first-order chi connectivity index (χ1) is 39.6. The van der Waals surface area contributed by atoms with E-state index in [-0.39, 0.29) is 25.9 Å². The number of carboxylic acid groups (broad SMARTS) is 1. The largest absolute Gasteiger partial charge is 0.479 e. The summed E-state index contributed by atoms with van der Waals surface area (Å²) in [7, 11) is 0. The molecule has 1 saturated heterocycles. The van der Waals surface area contributed by atoms with Gasteiger partial charge in [0.05, 0.1) is 6.61 Å². The van der Waals surface area contributed by atoms with E-state index in [1.54, 1.807) is 0 Å². The number of aliphatic hydroxyl groups is 2. The van der Waals surface area contributed by atoms with Gasteiger partial charge in [-0.15, -0.1) is 0 Å². The second-order valence-electron chi connectivity index (χ2n) is 23.1. The van der Waals surface area contributed by atoms with Crippen LogP contribution in [0.15, 0.2) is 48.6 Å². The molecule has 0 spiro atoms. The van der Waals surface area contributed by atoms with Crippen LogP contribution in [-0.4, -0.2) is 89.2 Å². The van der Waals surface area contributed by atoms with Gasteiger partial charge in [0.25, 0.3) is 0 Å². The number of carbonyl (C=O) groups excluding carboxylic acids is 3. The van der Waals surface area contributed by atoms with E-state index < -0.39 is 67.3 Å². The molecule has 1 heterocycles. The summed E-state index contributed by atoms with van der Waals surface area (Å²) in [5.74, 6) is -3.11. The standard InChI is InChI=1S/C69H122O12/c1-4-7-10-13-16-19-22-25-28-30-31-33-35-37-40-43-46-49-52-55-61(70)77-58-60(79-62(71)56-53-50-47-44-41-39-36-32-29-26-23-20-17-14-11-8-5-2)59-78-69-67(65(74)64(73)66(81-69)68(75)76)80-63(72)57-54-51-48-45-42-38-34-27-24-21-18-15-12-9-6-3/h16,19,25-26,28-29,31,33,60,64-67,69,73-74H,4-15,17-18,20-24,27,30,32,34-59H2,1-3H3,(H,75,76)/b19-16-,28-25-,29-26-,33-31-. The molecule has 6 atom stereocenters. The number of allylic oxidation sites excluding steroid dienone is 8. The fourth-order valence-electron chi connectivity index (χ4n) is 10.2. The van der Waals surface area contributed by atoms with E-state index in [1.165, 1.54) is 148 Å². The summed E-state index contributed by atoms with van der Waals surface area (Å²) >= 11 is 0. The molecule has 0 aromatic carbocycles. The quantitative estimate of drug-likeness (QED) is 0.0228. The highest BCUT2D eigenvalue weighted by atomic mass is 16.7. The summed E-state index contributed by atoms with van der Waals surface area (Å²) in [5, 5.41) is 31.6. The summed E-state index contributed by atoms with van der Waals surface area (Å²) in [4.78, 5) is 51.4. The van der Waals surface area contributed by atoms with Crippen molar-refractivity contribution < 1.29 is 58.2 Å². The zero-order valence-electron chi connectivity index (χ0n) is 52.0. The predicted molar refractivity (Wildman–Crippen MR) is 331 cm³/mol. The Bertz CT molecular complexity index is 1590. The molecule has 6 unspecified atom stereocenters. The van der Waals surface area contributed by atoms with E-state index in [4.69, 9.17) is 23.7 Å². The van der Waals surface area contributed by atoms with E-state index in [9.17, 15) is 34.5 Å². The van der Waals surface area contributed by atoms with Crippen LogP contribution in [0.3, 0.4) is 0 Å². The maximum Gasteiger partial charge on any atom is 0.335 e. The van der Waals surface area contributed by atoms with Gasteiger partial charge in [-0.05, 0) is 83.5 Å². The number of rotatable bonds is 58. The maximum absolute atomic E-state index is 13.2. The van der Waals surface area contributed by atoms with Gasteiger partial charge in [0.2, 0.25) is 0 Å². The third kappa shape index (κ3) is 46.7. The van der Waals surface area contributed by atoms with E-state index >= 15 is 0 Å². The lowest BCUT2D eigenvalue weighted by Crippen LogP contribution is -2.61. The molecule has 1 rings (SSSR count). The van der Waals surface area contributed by atoms with Crippen molar-refractivity contribution in [3.63, 3.8) is 0 Å². The maximum atomic E-state index is 13.2. The van der Waals surface area contributed by atoms with Crippen molar-refractivity contribution in [2.75, 3.05) is 13.2 Å². The molecule has 0 aromatic heterocycles. The molecule has 1 aliphatic rings. The monoisotopic (exact) mass is 1140 g/mol. The number of carbonyl (C=O) groups is 4. The normalized spacial score (nSPS) is 18.0. The Labute approximate surface area is 494 Å². The van der Waals surface area contributed by atoms with E-state index in [0.29, 0.717) is 19.3 Å². The molecule has 81 heavy (non-hydrogen) atoms. The SMILES string of the molecule is CCCCC/C=C\C/C=C\C/C=C\CCCCCCCCC(=O)OCC(COC1OC(C(=O)O)C(O)C(O)C1OC(=O)CCCCCCCCCCCCCCCCC)OC(=O)CCCCCCCCC/C=C\CCCCCCCC. The molecule has 0 aromatic rings. The van der Waals surface area contributed by atoms with Gasteiger partial charge in [-0.3, -0.25) is 14.4 Å². The van der Waals surface area contributed by atoms with Crippen LogP contribution >= 0.6 is 0 Å². The first kappa shape index (κ1) is 75.7. The van der Waals surface area contributed by atoms with Crippen LogP contribution in [-0.2, 0) is 42.9 Å². The second kappa shape index (κ2) is 57.1. The highest BCUT2D eigenvalue weighted by Crippen LogP contribution is 2.27. The molecular formula is C69H122O12. The molecule has 0 saturated carbocycles. The summed E-state index contributed by atoms with van der Waals surface area (Å²) in [5.41, 5.74) is 0. The van der Waals surface area contributed by atoms with Crippen molar-refractivity contribution in [1.82, 2.24) is 0 Å². The van der Waals surface area contributed by atoms with Gasteiger partial charge in [-0.2, -0.15) is 0 Å². The topological polar surface area (TPSA) is 175 Å². The van der Waals surface area contributed by atoms with Gasteiger partial charge < -0.3 is 39.0 Å². The smallest absolute Gasteiger partial charge is 0.335 e. The van der Waals surface area contributed by atoms with E-state index in [1.807, 2.05) is 0 Å². The van der Waals surface area contributed by atoms with Crippen molar-refractivity contribution in [3.05, 3.63) is 48.6 Å². The van der Waals surface area contributed by atoms with Crippen molar-refractivity contribution in [1.29, 1.82) is 0 Å². The molecule has 0 aliphatic carbocycles. The first-order valence-electron chi connectivity index (χ1n) is 33.6. The number of esters is 3. The number of aliphatic carboxylic acids is 1. The minimum atomic E-state index is -1.90. The minimum Gasteiger partial charge on any atom is -0.479 e. The summed E-state index contributed by atoms with van der Waals surface area (Å²) < 4.78 is 28.6. The predicted octanol–water partition coefficient (Wildman–Crippen LogP) is 18.1. The van der Waals surface area contributed by atoms with Gasteiger partial charge >= 0.3 is 23.9 Å². The summed E-state index contributed by atoms with van der Waals surface area (Å²) in [6.45, 7) is 6.00. The molecule has 1 aliphatic heterocycles. The minimum absolute atomic E-state index is 0.0632. The van der Waals surface area contributed by atoms with Crippen LogP contribution in [0.2, 0.25) is 0 Å². The van der Waals surface area contributed by atoms with Gasteiger partial charge in [0.15, 0.2) is 24.6 Å². The van der Waals surface area contributed by atoms with Crippen molar-refractivity contribution >= 4 is 23.9 Å². The Morgan fingerprint density at radius 3 is 1.16 bits per heavy atom. The van der Waals surface area contributed by atoms with Crippen molar-refractivity contribution in [2.24, 2.45) is 0 Å². The van der Waals surface area contributed by atoms with E-state index in [2.05, 4.69) is 69.4 Å². The Morgan fingerprint density at radius 1 is 0.407 bits per heavy atom. The molecule has 470 valence electrons. The molecule has 0 amide bonds. The van der Waals surface area contributed by atoms with Crippen LogP contribution < -0.4 is 0 Å². The lowest BCUT2D eigenvalue weighted by atomic mass is 9.98. The zero-order valence-corrected chi connectivity index (χ0v) is 52.0. The van der Waals surface area contributed by atoms with Crippen LogP contribution in [0, 0.1) is 0 Å². The van der Waals surface area contributed by atoms with Gasteiger partial charge in [0, 0.05) is 19.3 Å². The Balaban J connectivity index is 2.65. The van der Waals surface area contributed by atoms with E-state index in [0.717, 1.165) is 109 Å². The van der Waals surface area contributed by atoms with Crippen molar-refractivity contribution in [3.8, 4) is 0 Å². The number of ether oxygens (including phenoxy) is 5. The second-order valence-corrected chi connectivity index (χ2v) is 23.1. The molecular weight excluding hydrogens is 1020 g/mol. The fraction of sp³-hybridized carbons (Fsp3) is 0.826. The van der Waals surface area contributed by atoms with Crippen LogP contribution in [0.1, 0.15) is 316 Å². The summed E-state index contributed by atoms with van der Waals surface area (Å²) in [6, 6.07) is 0. The van der Waals surface area contributed by atoms with Gasteiger partial charge in [0.1, 0.15) is 18.8 Å². The lowest BCUT2D eigenvalue weighted by Gasteiger charge is -2.40. The highest BCUT2D eigenvalue weighted by Gasteiger charge is 2.50. The Hall–Kier alpha value is -3.32. The average Bonchev–Trinajstić information content (AvgIpc) is 3.53. The van der Waals surface area contributed by atoms with Crippen LogP contribution in [0.25, 0.3) is 0 Å². The van der Waals surface area contributed by atoms with Crippen LogP contribution in [0.5, 0.6) is 0 Å². The number of carboxylic acids is 1. The number of hydrogen-bond acceptors (Lipinski definition) is 11. The van der Waals surface area contributed by atoms with Crippen molar-refractivity contribution in [2.45, 2.75) is 353 Å². The number of aliphatic hydroxyl groups excluding tert-OH is 2.